The third kappa shape index (κ3) is 11.4. The van der Waals surface area contributed by atoms with Crippen molar-refractivity contribution in [3.63, 3.8) is 0 Å². The van der Waals surface area contributed by atoms with Crippen LogP contribution in [0.1, 0.15) is 64.9 Å². The highest BCUT2D eigenvalue weighted by Crippen LogP contribution is 2.31. The molecule has 2 aliphatic rings. The van der Waals surface area contributed by atoms with Gasteiger partial charge in [0.2, 0.25) is 23.5 Å². The van der Waals surface area contributed by atoms with E-state index < -0.39 is 23.8 Å². The maximum absolute atomic E-state index is 13.9. The fourth-order valence-electron chi connectivity index (χ4n) is 7.35. The summed E-state index contributed by atoms with van der Waals surface area (Å²) in [6.45, 7) is 6.56. The van der Waals surface area contributed by atoms with E-state index in [4.69, 9.17) is 4.74 Å². The molecule has 3 aromatic carbocycles. The quantitative estimate of drug-likeness (QED) is 0.100. The molecular weight excluding hydrogens is 743 g/mol. The number of anilines is 2. The van der Waals surface area contributed by atoms with Gasteiger partial charge in [-0.1, -0.05) is 42.5 Å². The van der Waals surface area contributed by atoms with Crippen molar-refractivity contribution in [1.29, 1.82) is 0 Å². The van der Waals surface area contributed by atoms with Crippen molar-refractivity contribution in [2.75, 3.05) is 30.3 Å². The molecule has 5 amide bonds. The van der Waals surface area contributed by atoms with Gasteiger partial charge in [0.05, 0.1) is 0 Å². The second-order valence-electron chi connectivity index (χ2n) is 15.9. The number of nitrogens with one attached hydrogen (secondary N) is 5. The third-order valence-corrected chi connectivity index (χ3v) is 10.6. The minimum atomic E-state index is -0.973. The molecule has 1 aromatic heterocycles. The molecule has 1 aliphatic heterocycles. The normalized spacial score (nSPS) is 17.7. The molecule has 16 heteroatoms. The van der Waals surface area contributed by atoms with Crippen LogP contribution in [0.25, 0.3) is 22.5 Å². The SMILES string of the molecule is CC(C)(C)OC(=O)NCC1CCC(C(=O)N[C@@H](Cc2ccc(-c3ccccc3NC(=O)C3CCN(C(=O)O)CC3)cc2)C(=O)Nc2ccc(-c3nn[nH]n3)cc2)CC1. The Morgan fingerprint density at radius 3 is 2.12 bits per heavy atom. The van der Waals surface area contributed by atoms with Gasteiger partial charge in [0.15, 0.2) is 0 Å². The molecule has 0 radical (unpaired) electrons. The van der Waals surface area contributed by atoms with Crippen LogP contribution >= 0.6 is 0 Å². The summed E-state index contributed by atoms with van der Waals surface area (Å²) in [5.74, 6) is -0.632. The number of carboxylic acid groups (broad SMARTS) is 1. The van der Waals surface area contributed by atoms with Crippen molar-refractivity contribution in [2.45, 2.75) is 77.4 Å². The molecule has 6 N–H and O–H groups in total. The van der Waals surface area contributed by atoms with Gasteiger partial charge in [0, 0.05) is 60.4 Å². The van der Waals surface area contributed by atoms with Crippen LogP contribution in [-0.4, -0.2) is 91.8 Å². The van der Waals surface area contributed by atoms with Gasteiger partial charge < -0.3 is 36.0 Å². The number of alkyl carbamates (subject to hydrolysis) is 1. The smallest absolute Gasteiger partial charge is 0.407 e. The van der Waals surface area contributed by atoms with Crippen LogP contribution in [0.15, 0.2) is 72.8 Å². The van der Waals surface area contributed by atoms with E-state index in [1.54, 1.807) is 24.3 Å². The fraction of sp³-hybridized carbons (Fsp3) is 0.429. The van der Waals surface area contributed by atoms with E-state index in [1.807, 2.05) is 69.3 Å². The molecule has 1 saturated heterocycles. The maximum Gasteiger partial charge on any atom is 0.407 e. The number of benzene rings is 3. The Balaban J connectivity index is 1.11. The number of carbonyl (C=O) groups is 5. The number of hydrogen-bond acceptors (Lipinski definition) is 9. The Morgan fingerprint density at radius 1 is 0.828 bits per heavy atom. The van der Waals surface area contributed by atoms with Gasteiger partial charge in [-0.15, -0.1) is 10.2 Å². The van der Waals surface area contributed by atoms with E-state index in [2.05, 4.69) is 41.9 Å². The molecule has 1 atom stereocenters. The monoisotopic (exact) mass is 793 g/mol. The van der Waals surface area contributed by atoms with Crippen molar-refractivity contribution < 1.29 is 33.8 Å². The Bertz CT molecular complexity index is 2030. The lowest BCUT2D eigenvalue weighted by atomic mass is 9.81. The number of para-hydroxylation sites is 1. The van der Waals surface area contributed by atoms with Gasteiger partial charge in [-0.2, -0.15) is 5.21 Å². The van der Waals surface area contributed by atoms with Crippen molar-refractivity contribution in [3.8, 4) is 22.5 Å². The van der Waals surface area contributed by atoms with Crippen molar-refractivity contribution in [2.24, 2.45) is 17.8 Å². The van der Waals surface area contributed by atoms with Crippen molar-refractivity contribution in [1.82, 2.24) is 36.2 Å². The first-order chi connectivity index (χ1) is 27.8. The second kappa shape index (κ2) is 18.7. The van der Waals surface area contributed by atoms with E-state index in [0.717, 1.165) is 35.1 Å². The third-order valence-electron chi connectivity index (χ3n) is 10.6. The zero-order chi connectivity index (χ0) is 41.2. The van der Waals surface area contributed by atoms with Gasteiger partial charge in [-0.25, -0.2) is 9.59 Å². The summed E-state index contributed by atoms with van der Waals surface area (Å²) in [7, 11) is 0. The average molecular weight is 794 g/mol. The molecule has 2 fully saturated rings. The minimum absolute atomic E-state index is 0.144. The standard InChI is InChI=1S/C42H51N9O7/c1-42(2,3)58-40(55)43-25-27-10-14-30(15-11-27)37(52)46-35(39(54)44-32-18-16-29(17-19-32)36-47-49-50-48-36)24-26-8-12-28(13-9-26)33-6-4-5-7-34(33)45-38(53)31-20-22-51(23-21-31)41(56)57/h4-9,12-13,16-19,27,30-31,35H,10-11,14-15,20-25H2,1-3H3,(H,43,55)(H,44,54)(H,45,53)(H,46,52)(H,56,57)(H,47,48,49,50)/t27?,30?,35-/m0/s1. The predicted molar refractivity (Wildman–Crippen MR) is 216 cm³/mol. The summed E-state index contributed by atoms with van der Waals surface area (Å²) in [6, 6.07) is 21.3. The number of aromatic amines is 1. The van der Waals surface area contributed by atoms with Crippen LogP contribution in [0.2, 0.25) is 0 Å². The number of tetrazole rings is 1. The molecule has 6 rings (SSSR count). The Kier molecular flexibility index (Phi) is 13.4. The first-order valence-electron chi connectivity index (χ1n) is 19.7. The summed E-state index contributed by atoms with van der Waals surface area (Å²) in [5, 5.41) is 35.2. The Morgan fingerprint density at radius 2 is 1.48 bits per heavy atom. The molecule has 16 nitrogen and oxygen atoms in total. The number of nitrogens with zero attached hydrogens (tertiary/aromatic N) is 4. The number of ether oxygens (including phenoxy) is 1. The van der Waals surface area contributed by atoms with Crippen LogP contribution in [0.3, 0.4) is 0 Å². The van der Waals surface area contributed by atoms with Gasteiger partial charge in [0.1, 0.15) is 11.6 Å². The number of amides is 5. The van der Waals surface area contributed by atoms with Gasteiger partial charge >= 0.3 is 12.2 Å². The minimum Gasteiger partial charge on any atom is -0.465 e. The van der Waals surface area contributed by atoms with Crippen LogP contribution < -0.4 is 21.3 Å². The largest absolute Gasteiger partial charge is 0.465 e. The Labute approximate surface area is 336 Å². The van der Waals surface area contributed by atoms with Crippen LogP contribution in [-0.2, 0) is 25.5 Å². The number of likely N-dealkylation sites (tertiary alicyclic amines) is 1. The van der Waals surface area contributed by atoms with Gasteiger partial charge in [-0.3, -0.25) is 14.4 Å². The molecule has 1 saturated carbocycles. The van der Waals surface area contributed by atoms with E-state index >= 15 is 0 Å². The zero-order valence-electron chi connectivity index (χ0n) is 33.0. The number of H-pyrrole nitrogens is 1. The number of hydrogen-bond donors (Lipinski definition) is 6. The molecule has 2 heterocycles. The average Bonchev–Trinajstić information content (AvgIpc) is 3.76. The Hall–Kier alpha value is -6.32. The lowest BCUT2D eigenvalue weighted by Crippen LogP contribution is -2.48. The first kappa shape index (κ1) is 41.3. The maximum atomic E-state index is 13.9. The zero-order valence-corrected chi connectivity index (χ0v) is 33.0. The molecule has 58 heavy (non-hydrogen) atoms. The number of aromatic nitrogens is 4. The van der Waals surface area contributed by atoms with Crippen LogP contribution in [0, 0.1) is 17.8 Å². The highest BCUT2D eigenvalue weighted by atomic mass is 16.6. The lowest BCUT2D eigenvalue weighted by molar-refractivity contribution is -0.130. The van der Waals surface area contributed by atoms with Crippen molar-refractivity contribution in [3.05, 3.63) is 78.4 Å². The van der Waals surface area contributed by atoms with Gasteiger partial charge in [0.25, 0.3) is 0 Å². The van der Waals surface area contributed by atoms with E-state index in [-0.39, 0.29) is 41.9 Å². The number of carbonyl (C=O) groups excluding carboxylic acids is 4. The summed E-state index contributed by atoms with van der Waals surface area (Å²) < 4.78 is 5.35. The first-order valence-corrected chi connectivity index (χ1v) is 19.7. The summed E-state index contributed by atoms with van der Waals surface area (Å²) >= 11 is 0. The molecule has 1 aliphatic carbocycles. The van der Waals surface area contributed by atoms with Crippen LogP contribution in [0.5, 0.6) is 0 Å². The number of rotatable bonds is 12. The molecule has 0 unspecified atom stereocenters. The number of piperidine rings is 1. The highest BCUT2D eigenvalue weighted by molar-refractivity contribution is 5.98. The molecule has 0 bridgehead atoms. The van der Waals surface area contributed by atoms with E-state index in [1.165, 1.54) is 4.90 Å². The molecule has 4 aromatic rings. The fourth-order valence-corrected chi connectivity index (χ4v) is 7.35. The van der Waals surface area contributed by atoms with Gasteiger partial charge in [-0.05, 0) is 112 Å². The predicted octanol–water partition coefficient (Wildman–Crippen LogP) is 5.86. The lowest BCUT2D eigenvalue weighted by Gasteiger charge is -2.29. The second-order valence-corrected chi connectivity index (χ2v) is 15.9. The summed E-state index contributed by atoms with van der Waals surface area (Å²) in [6.07, 6.45) is 2.48. The van der Waals surface area contributed by atoms with Crippen molar-refractivity contribution >= 4 is 41.3 Å². The topological polar surface area (TPSA) is 221 Å². The summed E-state index contributed by atoms with van der Waals surface area (Å²) in [4.78, 5) is 65.6. The highest BCUT2D eigenvalue weighted by Gasteiger charge is 2.31. The van der Waals surface area contributed by atoms with E-state index in [0.29, 0.717) is 62.5 Å². The molecule has 0 spiro atoms. The van der Waals surface area contributed by atoms with Crippen LogP contribution in [0.4, 0.5) is 21.0 Å². The molecule has 306 valence electrons. The summed E-state index contributed by atoms with van der Waals surface area (Å²) in [5.41, 5.74) is 3.80. The molecular formula is C42H51N9O7. The van der Waals surface area contributed by atoms with E-state index in [9.17, 15) is 29.1 Å².